The summed E-state index contributed by atoms with van der Waals surface area (Å²) in [6, 6.07) is 8.70. The molecular formula is C18H17Cl2FN4O2. The van der Waals surface area contributed by atoms with Crippen LogP contribution < -0.4 is 16.9 Å². The lowest BCUT2D eigenvalue weighted by molar-refractivity contribution is -0.113. The first-order valence-corrected chi connectivity index (χ1v) is 8.42. The topological polar surface area (TPSA) is 103 Å². The van der Waals surface area contributed by atoms with Crippen LogP contribution in [0.5, 0.6) is 0 Å². The van der Waals surface area contributed by atoms with Crippen LogP contribution in [0, 0.1) is 5.82 Å². The van der Waals surface area contributed by atoms with Gasteiger partial charge in [0, 0.05) is 18.1 Å². The van der Waals surface area contributed by atoms with E-state index in [4.69, 9.17) is 39.5 Å². The van der Waals surface area contributed by atoms with Gasteiger partial charge in [-0.2, -0.15) is 4.99 Å². The predicted octanol–water partition coefficient (Wildman–Crippen LogP) is 3.33. The van der Waals surface area contributed by atoms with Crippen molar-refractivity contribution in [1.82, 2.24) is 5.48 Å². The van der Waals surface area contributed by atoms with Crippen LogP contribution in [0.2, 0.25) is 10.0 Å². The first-order valence-electron chi connectivity index (χ1n) is 7.67. The second-order valence-corrected chi connectivity index (χ2v) is 6.28. The maximum Gasteiger partial charge on any atom is 0.273 e. The smallest absolute Gasteiger partial charge is 0.273 e. The summed E-state index contributed by atoms with van der Waals surface area (Å²) in [5.74, 6) is -0.960. The summed E-state index contributed by atoms with van der Waals surface area (Å²) in [5.41, 5.74) is 15.8. The molecule has 2 aromatic carbocycles. The summed E-state index contributed by atoms with van der Waals surface area (Å²) in [7, 11) is 1.38. The number of amidine groups is 1. The molecule has 0 aliphatic rings. The molecule has 1 amide bonds. The summed E-state index contributed by atoms with van der Waals surface area (Å²) in [5, 5.41) is 0.582. The number of carbonyl (C=O) groups is 1. The van der Waals surface area contributed by atoms with Gasteiger partial charge in [-0.15, -0.1) is 0 Å². The van der Waals surface area contributed by atoms with Crippen molar-refractivity contribution in [2.45, 2.75) is 6.42 Å². The van der Waals surface area contributed by atoms with Crippen molar-refractivity contribution in [2.24, 2.45) is 10.7 Å². The van der Waals surface area contributed by atoms with Crippen LogP contribution in [0.25, 0.3) is 5.70 Å². The summed E-state index contributed by atoms with van der Waals surface area (Å²) < 4.78 is 13.1. The van der Waals surface area contributed by atoms with Gasteiger partial charge in [0.15, 0.2) is 0 Å². The van der Waals surface area contributed by atoms with Gasteiger partial charge in [0.2, 0.25) is 0 Å². The zero-order valence-electron chi connectivity index (χ0n) is 14.3. The fraction of sp³-hybridized carbons (Fsp3) is 0.111. The third-order valence-electron chi connectivity index (χ3n) is 3.41. The molecule has 0 unspecified atom stereocenters. The van der Waals surface area contributed by atoms with Crippen LogP contribution in [-0.4, -0.2) is 18.9 Å². The zero-order valence-corrected chi connectivity index (χ0v) is 15.8. The first kappa shape index (κ1) is 20.7. The Bertz CT molecular complexity index is 876. The van der Waals surface area contributed by atoms with E-state index in [0.717, 1.165) is 0 Å². The Morgan fingerprint density at radius 3 is 2.41 bits per heavy atom. The highest BCUT2D eigenvalue weighted by Crippen LogP contribution is 2.29. The Labute approximate surface area is 165 Å². The SMILES string of the molecule is CONC(=CC(=O)N=C(N)Cc1cc(Cl)c(N)c(Cl)c1)c1ccc(F)cc1. The van der Waals surface area contributed by atoms with E-state index in [1.165, 1.54) is 37.5 Å². The van der Waals surface area contributed by atoms with Crippen molar-refractivity contribution in [3.05, 3.63) is 69.5 Å². The van der Waals surface area contributed by atoms with Crippen LogP contribution in [0.3, 0.4) is 0 Å². The molecule has 6 nitrogen and oxygen atoms in total. The van der Waals surface area contributed by atoms with Gasteiger partial charge in [0.05, 0.1) is 28.5 Å². The van der Waals surface area contributed by atoms with E-state index >= 15 is 0 Å². The molecule has 0 bridgehead atoms. The number of aliphatic imine (C=N–C) groups is 1. The molecule has 0 aromatic heterocycles. The van der Waals surface area contributed by atoms with E-state index in [-0.39, 0.29) is 17.9 Å². The normalized spacial score (nSPS) is 12.1. The Morgan fingerprint density at radius 1 is 1.26 bits per heavy atom. The number of hydroxylamine groups is 1. The monoisotopic (exact) mass is 410 g/mol. The lowest BCUT2D eigenvalue weighted by Gasteiger charge is -2.08. The van der Waals surface area contributed by atoms with Gasteiger partial charge in [0.1, 0.15) is 11.7 Å². The minimum absolute atomic E-state index is 0.0593. The van der Waals surface area contributed by atoms with Crippen LogP contribution in [0.4, 0.5) is 10.1 Å². The summed E-state index contributed by atoms with van der Waals surface area (Å²) in [6.45, 7) is 0. The number of halogens is 3. The van der Waals surface area contributed by atoms with Gasteiger partial charge >= 0.3 is 0 Å². The van der Waals surface area contributed by atoms with Crippen molar-refractivity contribution in [2.75, 3.05) is 12.8 Å². The van der Waals surface area contributed by atoms with E-state index in [9.17, 15) is 9.18 Å². The zero-order chi connectivity index (χ0) is 20.0. The lowest BCUT2D eigenvalue weighted by Crippen LogP contribution is -2.18. The van der Waals surface area contributed by atoms with Crippen molar-refractivity contribution >= 4 is 46.3 Å². The number of amides is 1. The van der Waals surface area contributed by atoms with Crippen LogP contribution in [0.1, 0.15) is 11.1 Å². The van der Waals surface area contributed by atoms with Crippen LogP contribution >= 0.6 is 23.2 Å². The van der Waals surface area contributed by atoms with Gasteiger partial charge < -0.3 is 11.5 Å². The van der Waals surface area contributed by atoms with Crippen molar-refractivity contribution in [3.8, 4) is 0 Å². The number of carbonyl (C=O) groups excluding carboxylic acids is 1. The van der Waals surface area contributed by atoms with E-state index < -0.39 is 11.7 Å². The number of rotatable bonds is 6. The lowest BCUT2D eigenvalue weighted by atomic mass is 10.1. The average molecular weight is 411 g/mol. The van der Waals surface area contributed by atoms with Gasteiger partial charge in [-0.1, -0.05) is 23.2 Å². The fourth-order valence-corrected chi connectivity index (χ4v) is 2.73. The average Bonchev–Trinajstić information content (AvgIpc) is 2.59. The molecule has 0 aliphatic heterocycles. The molecule has 0 aliphatic carbocycles. The van der Waals surface area contributed by atoms with E-state index in [1.807, 2.05) is 0 Å². The second kappa shape index (κ2) is 9.36. The van der Waals surface area contributed by atoms with Crippen molar-refractivity contribution < 1.29 is 14.0 Å². The molecule has 0 heterocycles. The van der Waals surface area contributed by atoms with Crippen LogP contribution in [-0.2, 0) is 16.1 Å². The molecule has 27 heavy (non-hydrogen) atoms. The minimum Gasteiger partial charge on any atom is -0.396 e. The third-order valence-corrected chi connectivity index (χ3v) is 4.04. The minimum atomic E-state index is -0.621. The molecule has 0 atom stereocenters. The molecule has 0 saturated carbocycles. The molecule has 0 radical (unpaired) electrons. The van der Waals surface area contributed by atoms with Gasteiger partial charge in [-0.05, 0) is 42.0 Å². The molecular weight excluding hydrogens is 394 g/mol. The molecule has 2 aromatic rings. The number of nitrogen functional groups attached to an aromatic ring is 1. The largest absolute Gasteiger partial charge is 0.396 e. The highest BCUT2D eigenvalue weighted by molar-refractivity contribution is 6.38. The highest BCUT2D eigenvalue weighted by atomic mass is 35.5. The standard InChI is InChI=1S/C18H17Cl2FN4O2/c1-27-25-15(11-2-4-12(21)5-3-11)9-17(26)24-16(22)8-10-6-13(19)18(23)14(20)7-10/h2-7,9,25H,8,23H2,1H3,(H2,22,24,26). The number of anilines is 1. The third kappa shape index (κ3) is 5.96. The Hall–Kier alpha value is -2.61. The molecule has 5 N–H and O–H groups in total. The number of hydrogen-bond donors (Lipinski definition) is 3. The summed E-state index contributed by atoms with van der Waals surface area (Å²) in [4.78, 5) is 20.8. The number of nitrogens with zero attached hydrogens (tertiary/aromatic N) is 1. The number of hydrogen-bond acceptors (Lipinski definition) is 4. The predicted molar refractivity (Wildman–Crippen MR) is 106 cm³/mol. The van der Waals surface area contributed by atoms with Gasteiger partial charge in [0.25, 0.3) is 5.91 Å². The molecule has 0 spiro atoms. The van der Waals surface area contributed by atoms with E-state index in [1.54, 1.807) is 12.1 Å². The highest BCUT2D eigenvalue weighted by Gasteiger charge is 2.09. The number of benzene rings is 2. The van der Waals surface area contributed by atoms with E-state index in [0.29, 0.717) is 26.9 Å². The Kier molecular flexibility index (Phi) is 7.18. The van der Waals surface area contributed by atoms with Crippen molar-refractivity contribution in [1.29, 1.82) is 0 Å². The maximum absolute atomic E-state index is 13.1. The Morgan fingerprint density at radius 2 is 1.85 bits per heavy atom. The number of nitrogens with two attached hydrogens (primary N) is 2. The van der Waals surface area contributed by atoms with Gasteiger partial charge in [-0.25, -0.2) is 4.39 Å². The number of nitrogens with one attached hydrogen (secondary N) is 1. The first-order chi connectivity index (χ1) is 12.8. The molecule has 9 heteroatoms. The summed E-state index contributed by atoms with van der Waals surface area (Å²) in [6.07, 6.45) is 1.34. The molecule has 0 saturated heterocycles. The Balaban J connectivity index is 2.19. The molecule has 142 valence electrons. The summed E-state index contributed by atoms with van der Waals surface area (Å²) >= 11 is 12.0. The van der Waals surface area contributed by atoms with Crippen molar-refractivity contribution in [3.63, 3.8) is 0 Å². The quantitative estimate of drug-likeness (QED) is 0.223. The maximum atomic E-state index is 13.1. The van der Waals surface area contributed by atoms with Gasteiger partial charge in [-0.3, -0.25) is 15.1 Å². The van der Waals surface area contributed by atoms with E-state index in [2.05, 4.69) is 10.5 Å². The van der Waals surface area contributed by atoms with Crippen LogP contribution in [0.15, 0.2) is 47.5 Å². The molecule has 2 rings (SSSR count). The second-order valence-electron chi connectivity index (χ2n) is 5.46. The molecule has 0 fully saturated rings. The fourth-order valence-electron chi connectivity index (χ4n) is 2.20.